The van der Waals surface area contributed by atoms with Gasteiger partial charge in [-0.05, 0) is 60.6 Å². The molecule has 0 saturated carbocycles. The highest BCUT2D eigenvalue weighted by Gasteiger charge is 2.32. The first-order chi connectivity index (χ1) is 14.6. The van der Waals surface area contributed by atoms with Crippen LogP contribution >= 0.6 is 45.6 Å². The van der Waals surface area contributed by atoms with E-state index in [1.54, 1.807) is 30.0 Å². The van der Waals surface area contributed by atoms with Gasteiger partial charge >= 0.3 is 6.09 Å². The Morgan fingerprint density at radius 3 is 2.61 bits per heavy atom. The number of amides is 2. The average Bonchev–Trinajstić information content (AvgIpc) is 3.21. The summed E-state index contributed by atoms with van der Waals surface area (Å²) in [6.07, 6.45) is 4.03. The molecule has 178 valence electrons. The van der Waals surface area contributed by atoms with Crippen molar-refractivity contribution in [3.05, 3.63) is 22.4 Å². The monoisotopic (exact) mass is 528 g/mol. The number of thiophene rings is 1. The summed E-state index contributed by atoms with van der Waals surface area (Å²) in [6, 6.07) is 1.84. The van der Waals surface area contributed by atoms with Gasteiger partial charge in [0.05, 0.1) is 5.75 Å². The normalized spacial score (nSPS) is 14.6. The Morgan fingerprint density at radius 2 is 2.10 bits per heavy atom. The van der Waals surface area contributed by atoms with Crippen molar-refractivity contribution in [2.24, 2.45) is 11.7 Å². The Kier molecular flexibility index (Phi) is 13.6. The fraction of sp³-hybridized carbons (Fsp3) is 0.684. The SMILES string of the molecule is CCN(C(=O)OCCS(C)(=O)=O)C(=O)C(Cc1ccsc1)CC(SS)C(N)CCSC. The van der Waals surface area contributed by atoms with E-state index in [-0.39, 0.29) is 36.1 Å². The zero-order valence-corrected chi connectivity index (χ0v) is 22.2. The van der Waals surface area contributed by atoms with Crippen molar-refractivity contribution in [2.75, 3.05) is 37.2 Å². The van der Waals surface area contributed by atoms with Crippen LogP contribution in [0.15, 0.2) is 16.8 Å². The van der Waals surface area contributed by atoms with E-state index in [1.165, 1.54) is 10.8 Å². The van der Waals surface area contributed by atoms with E-state index >= 15 is 0 Å². The topological polar surface area (TPSA) is 107 Å². The molecule has 2 N–H and O–H groups in total. The third kappa shape index (κ3) is 10.8. The van der Waals surface area contributed by atoms with Crippen LogP contribution in [0, 0.1) is 5.92 Å². The van der Waals surface area contributed by atoms with Gasteiger partial charge in [-0.1, -0.05) is 10.8 Å². The highest BCUT2D eigenvalue weighted by atomic mass is 33.1. The Bertz CT molecular complexity index is 773. The minimum Gasteiger partial charge on any atom is -0.448 e. The highest BCUT2D eigenvalue weighted by Crippen LogP contribution is 2.29. The van der Waals surface area contributed by atoms with E-state index in [0.717, 1.165) is 28.9 Å². The molecule has 7 nitrogen and oxygen atoms in total. The van der Waals surface area contributed by atoms with Crippen LogP contribution in [0.1, 0.15) is 25.3 Å². The number of imide groups is 1. The van der Waals surface area contributed by atoms with Crippen LogP contribution in [0.2, 0.25) is 0 Å². The Balaban J connectivity index is 2.95. The molecular formula is C19H32N2O5S5. The lowest BCUT2D eigenvalue weighted by Crippen LogP contribution is -2.44. The molecule has 12 heteroatoms. The first-order valence-electron chi connectivity index (χ1n) is 9.84. The van der Waals surface area contributed by atoms with Gasteiger partial charge in [-0.3, -0.25) is 4.79 Å². The van der Waals surface area contributed by atoms with Crippen LogP contribution in [0.3, 0.4) is 0 Å². The molecule has 3 unspecified atom stereocenters. The molecular weight excluding hydrogens is 497 g/mol. The Morgan fingerprint density at radius 1 is 1.39 bits per heavy atom. The van der Waals surface area contributed by atoms with Crippen molar-refractivity contribution in [2.45, 2.75) is 37.5 Å². The number of nitrogens with zero attached hydrogens (tertiary/aromatic N) is 1. The van der Waals surface area contributed by atoms with Gasteiger partial charge in [0.1, 0.15) is 6.61 Å². The van der Waals surface area contributed by atoms with Crippen LogP contribution in [0.25, 0.3) is 0 Å². The van der Waals surface area contributed by atoms with Crippen LogP contribution in [0.4, 0.5) is 4.79 Å². The van der Waals surface area contributed by atoms with E-state index in [9.17, 15) is 18.0 Å². The summed E-state index contributed by atoms with van der Waals surface area (Å²) < 4.78 is 27.6. The summed E-state index contributed by atoms with van der Waals surface area (Å²) in [7, 11) is -1.93. The summed E-state index contributed by atoms with van der Waals surface area (Å²) >= 11 is 7.65. The second-order valence-electron chi connectivity index (χ2n) is 7.18. The molecule has 0 aliphatic heterocycles. The third-order valence-corrected chi connectivity index (χ3v) is 8.59. The maximum absolute atomic E-state index is 13.3. The van der Waals surface area contributed by atoms with Gasteiger partial charge in [-0.15, -0.1) is 11.7 Å². The number of carbonyl (C=O) groups is 2. The smallest absolute Gasteiger partial charge is 0.416 e. The summed E-state index contributed by atoms with van der Waals surface area (Å²) in [4.78, 5) is 26.9. The van der Waals surface area contributed by atoms with Crippen molar-refractivity contribution in [3.8, 4) is 0 Å². The molecule has 0 saturated heterocycles. The second kappa shape index (κ2) is 14.7. The number of carbonyl (C=O) groups excluding carboxylic acids is 2. The molecule has 3 atom stereocenters. The van der Waals surface area contributed by atoms with Crippen LogP contribution in [0.5, 0.6) is 0 Å². The standard InChI is InChI=1S/C19H32N2O5S5/c1-4-21(19(23)26-7-10-31(3,24)25)18(22)15(11-14-5-9-29-13-14)12-17(30-27)16(20)6-8-28-2/h5,9,13,15-17,27H,4,6-8,10-12,20H2,1-3H3. The summed E-state index contributed by atoms with van der Waals surface area (Å²) in [5, 5.41) is 3.88. The fourth-order valence-electron chi connectivity index (χ4n) is 2.93. The second-order valence-corrected chi connectivity index (χ2v) is 12.7. The molecule has 0 aliphatic carbocycles. The largest absolute Gasteiger partial charge is 0.448 e. The molecule has 1 aromatic rings. The molecule has 31 heavy (non-hydrogen) atoms. The van der Waals surface area contributed by atoms with Crippen molar-refractivity contribution in [3.63, 3.8) is 0 Å². The van der Waals surface area contributed by atoms with Crippen LogP contribution < -0.4 is 5.73 Å². The quantitative estimate of drug-likeness (QED) is 0.280. The number of thioether (sulfide) groups is 1. The van der Waals surface area contributed by atoms with Crippen molar-refractivity contribution < 1.29 is 22.7 Å². The minimum absolute atomic E-state index is 0.0528. The van der Waals surface area contributed by atoms with Crippen molar-refractivity contribution in [1.82, 2.24) is 4.90 Å². The van der Waals surface area contributed by atoms with Gasteiger partial charge in [-0.25, -0.2) is 18.1 Å². The fourth-order valence-corrected chi connectivity index (χ4v) is 5.85. The number of nitrogens with two attached hydrogens (primary N) is 1. The molecule has 1 rings (SSSR count). The molecule has 0 bridgehead atoms. The summed E-state index contributed by atoms with van der Waals surface area (Å²) in [5.41, 5.74) is 7.38. The lowest BCUT2D eigenvalue weighted by Gasteiger charge is -2.28. The van der Waals surface area contributed by atoms with Gasteiger partial charge in [0.15, 0.2) is 9.84 Å². The zero-order chi connectivity index (χ0) is 23.4. The molecule has 0 spiro atoms. The van der Waals surface area contributed by atoms with Gasteiger partial charge in [0.25, 0.3) is 0 Å². The first-order valence-corrected chi connectivity index (χ1v) is 16.2. The molecule has 1 heterocycles. The minimum atomic E-state index is -3.27. The summed E-state index contributed by atoms with van der Waals surface area (Å²) in [5.74, 6) is -0.182. The maximum Gasteiger partial charge on any atom is 0.416 e. The number of hydrogen-bond donors (Lipinski definition) is 2. The van der Waals surface area contributed by atoms with E-state index in [4.69, 9.17) is 10.5 Å². The lowest BCUT2D eigenvalue weighted by molar-refractivity contribution is -0.133. The van der Waals surface area contributed by atoms with E-state index in [2.05, 4.69) is 11.7 Å². The number of sulfone groups is 1. The number of rotatable bonds is 14. The van der Waals surface area contributed by atoms with Crippen molar-refractivity contribution in [1.29, 1.82) is 0 Å². The third-order valence-electron chi connectivity index (χ3n) is 4.68. The van der Waals surface area contributed by atoms with E-state index in [0.29, 0.717) is 12.8 Å². The zero-order valence-electron chi connectivity index (χ0n) is 18.1. The van der Waals surface area contributed by atoms with E-state index < -0.39 is 21.8 Å². The highest BCUT2D eigenvalue weighted by molar-refractivity contribution is 8.68. The molecule has 0 fully saturated rings. The number of thiol groups is 1. The first kappa shape index (κ1) is 28.6. The molecule has 0 aliphatic rings. The summed E-state index contributed by atoms with van der Waals surface area (Å²) in [6.45, 7) is 1.53. The van der Waals surface area contributed by atoms with Crippen LogP contribution in [-0.2, 0) is 25.8 Å². The Labute approximate surface area is 203 Å². The average molecular weight is 529 g/mol. The van der Waals surface area contributed by atoms with E-state index in [1.807, 2.05) is 23.1 Å². The molecule has 2 amide bonds. The lowest BCUT2D eigenvalue weighted by atomic mass is 9.92. The number of ether oxygens (including phenoxy) is 1. The molecule has 0 aromatic carbocycles. The predicted molar refractivity (Wildman–Crippen MR) is 136 cm³/mol. The molecule has 1 aromatic heterocycles. The van der Waals surface area contributed by atoms with Gasteiger partial charge in [0, 0.05) is 30.0 Å². The van der Waals surface area contributed by atoms with Gasteiger partial charge < -0.3 is 10.5 Å². The van der Waals surface area contributed by atoms with Gasteiger partial charge in [-0.2, -0.15) is 23.1 Å². The van der Waals surface area contributed by atoms with Crippen LogP contribution in [-0.4, -0.2) is 73.8 Å². The maximum atomic E-state index is 13.3. The van der Waals surface area contributed by atoms with Crippen molar-refractivity contribution >= 4 is 67.4 Å². The Hall–Kier alpha value is -0.400. The predicted octanol–water partition coefficient (Wildman–Crippen LogP) is 3.35. The number of hydrogen-bond acceptors (Lipinski definition) is 10. The van der Waals surface area contributed by atoms with Gasteiger partial charge in [0.2, 0.25) is 5.91 Å². The molecule has 0 radical (unpaired) electrons.